The Morgan fingerprint density at radius 3 is 2.39 bits per heavy atom. The summed E-state index contributed by atoms with van der Waals surface area (Å²) < 4.78 is 5.14. The number of benzene rings is 2. The maximum absolute atomic E-state index is 12.3. The monoisotopic (exact) mass is 383 g/mol. The van der Waals surface area contributed by atoms with E-state index >= 15 is 0 Å². The lowest BCUT2D eigenvalue weighted by molar-refractivity contribution is -0.123. The third kappa shape index (κ3) is 6.70. The number of nitrogens with one attached hydrogen (secondary N) is 2. The number of nitrogens with zero attached hydrogens (tertiary/aromatic N) is 1. The van der Waals surface area contributed by atoms with E-state index in [4.69, 9.17) is 4.74 Å². The Balaban J connectivity index is 1.79. The van der Waals surface area contributed by atoms with Gasteiger partial charge in [0, 0.05) is 11.8 Å². The molecular formula is C22H29N3O3. The quantitative estimate of drug-likeness (QED) is 0.698. The maximum atomic E-state index is 12.3. The Morgan fingerprint density at radius 2 is 1.75 bits per heavy atom. The van der Waals surface area contributed by atoms with E-state index in [0.29, 0.717) is 11.4 Å². The van der Waals surface area contributed by atoms with Crippen molar-refractivity contribution in [1.82, 2.24) is 10.2 Å². The van der Waals surface area contributed by atoms with E-state index in [9.17, 15) is 9.59 Å². The van der Waals surface area contributed by atoms with Gasteiger partial charge in [0.05, 0.1) is 26.2 Å². The van der Waals surface area contributed by atoms with Crippen LogP contribution in [-0.2, 0) is 16.0 Å². The van der Waals surface area contributed by atoms with Crippen LogP contribution in [0.15, 0.2) is 48.5 Å². The normalized spacial score (nSPS) is 11.8. The lowest BCUT2D eigenvalue weighted by Crippen LogP contribution is -2.39. The van der Waals surface area contributed by atoms with Crippen LogP contribution in [0.25, 0.3) is 0 Å². The molecule has 0 saturated heterocycles. The zero-order valence-corrected chi connectivity index (χ0v) is 17.0. The van der Waals surface area contributed by atoms with Crippen LogP contribution in [0.2, 0.25) is 0 Å². The van der Waals surface area contributed by atoms with E-state index < -0.39 is 0 Å². The van der Waals surface area contributed by atoms with Crippen LogP contribution >= 0.6 is 0 Å². The van der Waals surface area contributed by atoms with Crippen molar-refractivity contribution in [3.8, 4) is 5.75 Å². The first kappa shape index (κ1) is 21.4. The van der Waals surface area contributed by atoms with Crippen LogP contribution in [0.1, 0.15) is 31.0 Å². The number of likely N-dealkylation sites (N-methyl/N-ethyl adjacent to an activating group) is 1. The molecule has 0 radical (unpaired) electrons. The van der Waals surface area contributed by atoms with Crippen molar-refractivity contribution < 1.29 is 14.3 Å². The summed E-state index contributed by atoms with van der Waals surface area (Å²) in [5.41, 5.74) is 2.99. The van der Waals surface area contributed by atoms with Gasteiger partial charge in [-0.25, -0.2) is 0 Å². The Bertz CT molecular complexity index is 790. The third-order valence-electron chi connectivity index (χ3n) is 4.45. The SMILES string of the molecule is CCc1ccc(C(C)NC(=O)CN(C)CC(=O)Nc2cccc(OC)c2)cc1. The van der Waals surface area contributed by atoms with Crippen LogP contribution in [0, 0.1) is 0 Å². The minimum Gasteiger partial charge on any atom is -0.497 e. The largest absolute Gasteiger partial charge is 0.497 e. The van der Waals surface area contributed by atoms with Crippen LogP contribution in [0.5, 0.6) is 5.75 Å². The first-order valence-corrected chi connectivity index (χ1v) is 9.42. The van der Waals surface area contributed by atoms with E-state index in [1.54, 1.807) is 37.3 Å². The fourth-order valence-corrected chi connectivity index (χ4v) is 2.86. The molecule has 0 fully saturated rings. The number of rotatable bonds is 9. The van der Waals surface area contributed by atoms with Crippen molar-refractivity contribution in [2.45, 2.75) is 26.3 Å². The van der Waals surface area contributed by atoms with Gasteiger partial charge in [0.15, 0.2) is 0 Å². The molecule has 0 spiro atoms. The van der Waals surface area contributed by atoms with E-state index in [2.05, 4.69) is 29.7 Å². The highest BCUT2D eigenvalue weighted by Crippen LogP contribution is 2.16. The number of amides is 2. The summed E-state index contributed by atoms with van der Waals surface area (Å²) in [7, 11) is 3.32. The molecule has 0 saturated carbocycles. The molecule has 0 bridgehead atoms. The van der Waals surface area contributed by atoms with Crippen LogP contribution in [0.4, 0.5) is 5.69 Å². The van der Waals surface area contributed by atoms with Gasteiger partial charge in [0.25, 0.3) is 0 Å². The van der Waals surface area contributed by atoms with E-state index in [-0.39, 0.29) is 30.9 Å². The Kier molecular flexibility index (Phi) is 8.02. The molecule has 6 nitrogen and oxygen atoms in total. The standard InChI is InChI=1S/C22H29N3O3/c1-5-17-9-11-18(12-10-17)16(2)23-21(26)14-25(3)15-22(27)24-19-7-6-8-20(13-19)28-4/h6-13,16H,5,14-15H2,1-4H3,(H,23,26)(H,24,27). The number of carbonyl (C=O) groups is 2. The average molecular weight is 383 g/mol. The Labute approximate surface area is 166 Å². The van der Waals surface area contributed by atoms with Crippen molar-refractivity contribution in [1.29, 1.82) is 0 Å². The smallest absolute Gasteiger partial charge is 0.238 e. The molecule has 1 unspecified atom stereocenters. The lowest BCUT2D eigenvalue weighted by atomic mass is 10.1. The first-order valence-electron chi connectivity index (χ1n) is 9.42. The Morgan fingerprint density at radius 1 is 1.07 bits per heavy atom. The number of hydrogen-bond acceptors (Lipinski definition) is 4. The second-order valence-electron chi connectivity index (χ2n) is 6.84. The van der Waals surface area contributed by atoms with Crippen molar-refractivity contribution in [3.05, 3.63) is 59.7 Å². The van der Waals surface area contributed by atoms with Gasteiger partial charge in [-0.05, 0) is 43.7 Å². The molecule has 6 heteroatoms. The van der Waals surface area contributed by atoms with Gasteiger partial charge in [-0.3, -0.25) is 14.5 Å². The second kappa shape index (κ2) is 10.5. The zero-order chi connectivity index (χ0) is 20.5. The predicted octanol–water partition coefficient (Wildman–Crippen LogP) is 3.01. The van der Waals surface area contributed by atoms with Crippen molar-refractivity contribution in [2.24, 2.45) is 0 Å². The van der Waals surface area contributed by atoms with Crippen molar-refractivity contribution >= 4 is 17.5 Å². The molecular weight excluding hydrogens is 354 g/mol. The van der Waals surface area contributed by atoms with E-state index in [0.717, 1.165) is 12.0 Å². The molecule has 1 atom stereocenters. The number of methoxy groups -OCH3 is 1. The van der Waals surface area contributed by atoms with Gasteiger partial charge in [0.1, 0.15) is 5.75 Å². The van der Waals surface area contributed by atoms with E-state index in [1.807, 2.05) is 25.1 Å². The second-order valence-corrected chi connectivity index (χ2v) is 6.84. The predicted molar refractivity (Wildman–Crippen MR) is 111 cm³/mol. The molecule has 2 N–H and O–H groups in total. The minimum atomic E-state index is -0.188. The average Bonchev–Trinajstić information content (AvgIpc) is 2.67. The third-order valence-corrected chi connectivity index (χ3v) is 4.45. The number of hydrogen-bond donors (Lipinski definition) is 2. The molecule has 0 aliphatic rings. The van der Waals surface area contributed by atoms with Gasteiger partial charge in [-0.15, -0.1) is 0 Å². The molecule has 2 amide bonds. The highest BCUT2D eigenvalue weighted by Gasteiger charge is 2.14. The van der Waals surface area contributed by atoms with Gasteiger partial charge in [0.2, 0.25) is 11.8 Å². The molecule has 2 aromatic rings. The summed E-state index contributed by atoms with van der Waals surface area (Å²) in [6.07, 6.45) is 0.990. The van der Waals surface area contributed by atoms with Gasteiger partial charge in [-0.1, -0.05) is 37.3 Å². The van der Waals surface area contributed by atoms with E-state index in [1.165, 1.54) is 5.56 Å². The summed E-state index contributed by atoms with van der Waals surface area (Å²) in [4.78, 5) is 26.1. The first-order chi connectivity index (χ1) is 13.4. The molecule has 0 aromatic heterocycles. The number of anilines is 1. The number of aryl methyl sites for hydroxylation is 1. The maximum Gasteiger partial charge on any atom is 0.238 e. The topological polar surface area (TPSA) is 70.7 Å². The summed E-state index contributed by atoms with van der Waals surface area (Å²) in [5.74, 6) is 0.363. The lowest BCUT2D eigenvalue weighted by Gasteiger charge is -2.19. The summed E-state index contributed by atoms with van der Waals surface area (Å²) in [6, 6.07) is 15.3. The zero-order valence-electron chi connectivity index (χ0n) is 17.0. The van der Waals surface area contributed by atoms with Crippen LogP contribution < -0.4 is 15.4 Å². The van der Waals surface area contributed by atoms with Crippen LogP contribution in [-0.4, -0.2) is 44.0 Å². The van der Waals surface area contributed by atoms with Crippen LogP contribution in [0.3, 0.4) is 0 Å². The fourth-order valence-electron chi connectivity index (χ4n) is 2.86. The molecule has 2 rings (SSSR count). The summed E-state index contributed by atoms with van der Waals surface area (Å²) >= 11 is 0. The minimum absolute atomic E-state index is 0.0857. The van der Waals surface area contributed by atoms with Gasteiger partial charge < -0.3 is 15.4 Å². The molecule has 2 aromatic carbocycles. The summed E-state index contributed by atoms with van der Waals surface area (Å²) in [6.45, 7) is 4.32. The van der Waals surface area contributed by atoms with Crippen molar-refractivity contribution in [2.75, 3.05) is 32.6 Å². The highest BCUT2D eigenvalue weighted by molar-refractivity contribution is 5.92. The molecule has 28 heavy (non-hydrogen) atoms. The number of carbonyl (C=O) groups excluding carboxylic acids is 2. The fraction of sp³-hybridized carbons (Fsp3) is 0.364. The highest BCUT2D eigenvalue weighted by atomic mass is 16.5. The molecule has 150 valence electrons. The number of ether oxygens (including phenoxy) is 1. The van der Waals surface area contributed by atoms with Gasteiger partial charge in [-0.2, -0.15) is 0 Å². The van der Waals surface area contributed by atoms with Gasteiger partial charge >= 0.3 is 0 Å². The summed E-state index contributed by atoms with van der Waals surface area (Å²) in [5, 5.41) is 5.78. The van der Waals surface area contributed by atoms with Crippen molar-refractivity contribution in [3.63, 3.8) is 0 Å². The Hall–Kier alpha value is -2.86. The molecule has 0 aliphatic carbocycles. The molecule has 0 heterocycles. The molecule has 0 aliphatic heterocycles.